The number of carboxylic acids is 3. The fraction of sp³-hybridized carbons (Fsp3) is 0.471. The average Bonchev–Trinajstić information content (AvgIpc) is 3.20. The van der Waals surface area contributed by atoms with E-state index in [0.29, 0.717) is 5.69 Å². The van der Waals surface area contributed by atoms with E-state index in [1.807, 2.05) is 0 Å². The van der Waals surface area contributed by atoms with Crippen LogP contribution in [0.5, 0.6) is 0 Å². The van der Waals surface area contributed by atoms with Gasteiger partial charge in [-0.25, -0.2) is 9.78 Å². The molecule has 0 saturated carbocycles. The van der Waals surface area contributed by atoms with Crippen LogP contribution in [0.3, 0.4) is 0 Å². The summed E-state index contributed by atoms with van der Waals surface area (Å²) in [7, 11) is 0. The number of aromatic amines is 1. The SMILES string of the molecule is NC(CC(=O)O)C(=O)NCC(=O)NC(CCC(=O)O)C(=O)NC(Cc1cnc[nH]1)C(=O)O. The molecular formula is C17H24N6O9. The normalized spacial score (nSPS) is 13.3. The summed E-state index contributed by atoms with van der Waals surface area (Å²) >= 11 is 0. The van der Waals surface area contributed by atoms with Gasteiger partial charge in [-0.05, 0) is 6.42 Å². The maximum atomic E-state index is 12.5. The molecule has 0 aromatic carbocycles. The Bertz CT molecular complexity index is 842. The van der Waals surface area contributed by atoms with Gasteiger partial charge in [0.15, 0.2) is 0 Å². The van der Waals surface area contributed by atoms with Crippen molar-refractivity contribution in [2.45, 2.75) is 43.8 Å². The van der Waals surface area contributed by atoms with Crippen molar-refractivity contribution in [3.63, 3.8) is 0 Å². The van der Waals surface area contributed by atoms with Crippen molar-refractivity contribution < 1.29 is 44.1 Å². The molecule has 0 spiro atoms. The van der Waals surface area contributed by atoms with Gasteiger partial charge < -0.3 is 42.0 Å². The molecule has 9 N–H and O–H groups in total. The lowest BCUT2D eigenvalue weighted by atomic mass is 10.1. The number of rotatable bonds is 14. The summed E-state index contributed by atoms with van der Waals surface area (Å²) < 4.78 is 0. The Balaban J connectivity index is 2.74. The fourth-order valence-corrected chi connectivity index (χ4v) is 2.45. The highest BCUT2D eigenvalue weighted by Crippen LogP contribution is 2.03. The summed E-state index contributed by atoms with van der Waals surface area (Å²) in [6.45, 7) is -0.667. The molecule has 176 valence electrons. The van der Waals surface area contributed by atoms with Crippen LogP contribution in [0.25, 0.3) is 0 Å². The zero-order valence-electron chi connectivity index (χ0n) is 16.7. The fourth-order valence-electron chi connectivity index (χ4n) is 2.45. The van der Waals surface area contributed by atoms with Gasteiger partial charge >= 0.3 is 17.9 Å². The summed E-state index contributed by atoms with van der Waals surface area (Å²) in [5, 5.41) is 33.3. The van der Waals surface area contributed by atoms with Gasteiger partial charge in [-0.3, -0.25) is 24.0 Å². The molecule has 15 heteroatoms. The number of aromatic nitrogens is 2. The third kappa shape index (κ3) is 9.66. The van der Waals surface area contributed by atoms with Crippen molar-refractivity contribution in [1.29, 1.82) is 0 Å². The van der Waals surface area contributed by atoms with E-state index < -0.39 is 73.1 Å². The van der Waals surface area contributed by atoms with E-state index in [0.717, 1.165) is 0 Å². The van der Waals surface area contributed by atoms with Gasteiger partial charge in [0.25, 0.3) is 0 Å². The maximum Gasteiger partial charge on any atom is 0.326 e. The number of nitrogens with zero attached hydrogens (tertiary/aromatic N) is 1. The van der Waals surface area contributed by atoms with Crippen LogP contribution in [0.4, 0.5) is 0 Å². The molecule has 1 aromatic rings. The lowest BCUT2D eigenvalue weighted by Gasteiger charge is -2.21. The molecule has 0 bridgehead atoms. The van der Waals surface area contributed by atoms with Crippen LogP contribution in [0.2, 0.25) is 0 Å². The Morgan fingerprint density at radius 2 is 1.69 bits per heavy atom. The number of carbonyl (C=O) groups excluding carboxylic acids is 3. The highest BCUT2D eigenvalue weighted by Gasteiger charge is 2.28. The second-order valence-corrected chi connectivity index (χ2v) is 6.66. The van der Waals surface area contributed by atoms with E-state index in [4.69, 9.17) is 15.9 Å². The lowest BCUT2D eigenvalue weighted by Crippen LogP contribution is -2.54. The Morgan fingerprint density at radius 3 is 2.22 bits per heavy atom. The number of nitrogens with one attached hydrogen (secondary N) is 4. The molecule has 3 atom stereocenters. The van der Waals surface area contributed by atoms with Crippen molar-refractivity contribution >= 4 is 35.6 Å². The molecule has 0 aliphatic rings. The first-order valence-electron chi connectivity index (χ1n) is 9.26. The molecule has 0 fully saturated rings. The molecule has 0 aliphatic carbocycles. The molecule has 0 aliphatic heterocycles. The van der Waals surface area contributed by atoms with Gasteiger partial charge in [0, 0.05) is 24.7 Å². The first kappa shape index (κ1) is 26.0. The molecule has 0 radical (unpaired) electrons. The third-order valence-electron chi connectivity index (χ3n) is 4.05. The highest BCUT2D eigenvalue weighted by molar-refractivity contribution is 5.93. The molecule has 0 saturated heterocycles. The predicted molar refractivity (Wildman–Crippen MR) is 104 cm³/mol. The van der Waals surface area contributed by atoms with Crippen molar-refractivity contribution in [2.75, 3.05) is 6.54 Å². The van der Waals surface area contributed by atoms with E-state index >= 15 is 0 Å². The van der Waals surface area contributed by atoms with E-state index in [1.165, 1.54) is 12.5 Å². The van der Waals surface area contributed by atoms with Gasteiger partial charge in [-0.15, -0.1) is 0 Å². The predicted octanol–water partition coefficient (Wildman–Crippen LogP) is -3.21. The number of amides is 3. The standard InChI is InChI=1S/C17H24N6O9/c18-9(4-14(27)28)15(29)20-6-12(24)22-10(1-2-13(25)26)16(30)23-11(17(31)32)3-8-5-19-7-21-8/h5,7,9-11H,1-4,6,18H2,(H,19,21)(H,20,29)(H,22,24)(H,23,30)(H,25,26)(H,27,28)(H,31,32). The lowest BCUT2D eigenvalue weighted by molar-refractivity contribution is -0.143. The number of aliphatic carboxylic acids is 3. The molecule has 32 heavy (non-hydrogen) atoms. The topological polar surface area (TPSA) is 254 Å². The van der Waals surface area contributed by atoms with E-state index in [1.54, 1.807) is 0 Å². The number of hydrogen-bond acceptors (Lipinski definition) is 8. The molecule has 1 aromatic heterocycles. The van der Waals surface area contributed by atoms with Gasteiger partial charge in [-0.2, -0.15) is 0 Å². The number of nitrogens with two attached hydrogens (primary N) is 1. The Labute approximate surface area is 180 Å². The Morgan fingerprint density at radius 1 is 1.00 bits per heavy atom. The number of hydrogen-bond donors (Lipinski definition) is 8. The van der Waals surface area contributed by atoms with Crippen LogP contribution in [0.1, 0.15) is 25.0 Å². The summed E-state index contributed by atoms with van der Waals surface area (Å²) in [5.74, 6) is -6.69. The van der Waals surface area contributed by atoms with E-state index in [-0.39, 0.29) is 12.8 Å². The number of carboxylic acid groups (broad SMARTS) is 3. The number of imidazole rings is 1. The van der Waals surface area contributed by atoms with Crippen molar-refractivity contribution in [3.8, 4) is 0 Å². The van der Waals surface area contributed by atoms with E-state index in [2.05, 4.69) is 25.9 Å². The molecule has 15 nitrogen and oxygen atoms in total. The largest absolute Gasteiger partial charge is 0.481 e. The van der Waals surface area contributed by atoms with Crippen LogP contribution in [0.15, 0.2) is 12.5 Å². The number of carbonyl (C=O) groups is 6. The smallest absolute Gasteiger partial charge is 0.326 e. The second kappa shape index (κ2) is 12.6. The summed E-state index contributed by atoms with van der Waals surface area (Å²) in [6.07, 6.45) is 1.02. The van der Waals surface area contributed by atoms with Crippen molar-refractivity contribution in [1.82, 2.24) is 25.9 Å². The van der Waals surface area contributed by atoms with Crippen LogP contribution < -0.4 is 21.7 Å². The minimum absolute atomic E-state index is 0.141. The quantitative estimate of drug-likeness (QED) is 0.138. The Kier molecular flexibility index (Phi) is 10.3. The highest BCUT2D eigenvalue weighted by atomic mass is 16.4. The molecule has 3 unspecified atom stereocenters. The van der Waals surface area contributed by atoms with Gasteiger partial charge in [-0.1, -0.05) is 0 Å². The van der Waals surface area contributed by atoms with Crippen LogP contribution in [0, 0.1) is 0 Å². The monoisotopic (exact) mass is 456 g/mol. The average molecular weight is 456 g/mol. The maximum absolute atomic E-state index is 12.5. The van der Waals surface area contributed by atoms with Crippen LogP contribution in [-0.2, 0) is 35.2 Å². The van der Waals surface area contributed by atoms with Crippen molar-refractivity contribution in [3.05, 3.63) is 18.2 Å². The zero-order valence-corrected chi connectivity index (χ0v) is 16.7. The number of H-pyrrole nitrogens is 1. The third-order valence-corrected chi connectivity index (χ3v) is 4.05. The molecule has 1 heterocycles. The molecular weight excluding hydrogens is 432 g/mol. The van der Waals surface area contributed by atoms with Gasteiger partial charge in [0.05, 0.1) is 25.3 Å². The van der Waals surface area contributed by atoms with Crippen molar-refractivity contribution in [2.24, 2.45) is 5.73 Å². The second-order valence-electron chi connectivity index (χ2n) is 6.66. The first-order chi connectivity index (χ1) is 15.0. The van der Waals surface area contributed by atoms with Gasteiger partial charge in [0.1, 0.15) is 12.1 Å². The van der Waals surface area contributed by atoms with Crippen LogP contribution in [-0.4, -0.2) is 85.6 Å². The molecule has 3 amide bonds. The van der Waals surface area contributed by atoms with E-state index in [9.17, 15) is 33.9 Å². The summed E-state index contributed by atoms with van der Waals surface area (Å²) in [5.41, 5.74) is 5.78. The minimum atomic E-state index is -1.41. The van der Waals surface area contributed by atoms with Gasteiger partial charge in [0.2, 0.25) is 17.7 Å². The Hall–Kier alpha value is -4.01. The van der Waals surface area contributed by atoms with Crippen LogP contribution >= 0.6 is 0 Å². The zero-order chi connectivity index (χ0) is 24.3. The summed E-state index contributed by atoms with van der Waals surface area (Å²) in [6, 6.07) is -4.20. The first-order valence-corrected chi connectivity index (χ1v) is 9.26. The summed E-state index contributed by atoms with van der Waals surface area (Å²) in [4.78, 5) is 75.6. The minimum Gasteiger partial charge on any atom is -0.481 e. The molecule has 1 rings (SSSR count).